The number of aromatic nitrogens is 2. The molecule has 6 heteroatoms. The number of rotatable bonds is 6. The minimum absolute atomic E-state index is 0.292. The monoisotopic (exact) mass is 351 g/mol. The van der Waals surface area contributed by atoms with E-state index in [0.717, 1.165) is 35.7 Å². The zero-order chi connectivity index (χ0) is 17.9. The molecule has 0 radical (unpaired) electrons. The van der Waals surface area contributed by atoms with Gasteiger partial charge in [0.05, 0.1) is 6.54 Å². The molecule has 134 valence electrons. The molecule has 1 aliphatic rings. The molecule has 0 unspecified atom stereocenters. The maximum atomic E-state index is 5.85. The van der Waals surface area contributed by atoms with Crippen LogP contribution < -0.4 is 9.47 Å². The highest BCUT2D eigenvalue weighted by molar-refractivity contribution is 5.52. The number of hydrogen-bond acceptors (Lipinski definition) is 6. The second kappa shape index (κ2) is 7.17. The van der Waals surface area contributed by atoms with Gasteiger partial charge in [-0.05, 0) is 43.3 Å². The molecule has 1 aromatic heterocycles. The van der Waals surface area contributed by atoms with Crippen LogP contribution in [0.5, 0.6) is 11.5 Å². The third-order valence-electron chi connectivity index (χ3n) is 4.41. The quantitative estimate of drug-likeness (QED) is 0.673. The maximum absolute atomic E-state index is 5.85. The molecule has 4 rings (SSSR count). The Morgan fingerprint density at radius 1 is 0.962 bits per heavy atom. The summed E-state index contributed by atoms with van der Waals surface area (Å²) in [5, 5.41) is 8.38. The predicted octanol–water partition coefficient (Wildman–Crippen LogP) is 3.80. The van der Waals surface area contributed by atoms with E-state index in [4.69, 9.17) is 13.9 Å². The minimum atomic E-state index is 0.292. The third kappa shape index (κ3) is 3.55. The molecule has 0 amide bonds. The first-order valence-corrected chi connectivity index (χ1v) is 8.71. The van der Waals surface area contributed by atoms with Crippen LogP contribution in [-0.2, 0) is 13.1 Å². The molecule has 0 aliphatic carbocycles. The van der Waals surface area contributed by atoms with E-state index in [2.05, 4.69) is 35.0 Å². The molecule has 2 aromatic carbocycles. The Balaban J connectivity index is 1.44. The molecule has 2 heterocycles. The van der Waals surface area contributed by atoms with Crippen molar-refractivity contribution in [2.24, 2.45) is 0 Å². The number of nitrogens with zero attached hydrogens (tertiary/aromatic N) is 3. The zero-order valence-electron chi connectivity index (χ0n) is 14.9. The fourth-order valence-electron chi connectivity index (χ4n) is 2.90. The van der Waals surface area contributed by atoms with Crippen molar-refractivity contribution in [1.29, 1.82) is 0 Å². The van der Waals surface area contributed by atoms with Gasteiger partial charge in [0.1, 0.15) is 0 Å². The summed E-state index contributed by atoms with van der Waals surface area (Å²) < 4.78 is 16.7. The molecule has 6 nitrogen and oxygen atoms in total. The summed E-state index contributed by atoms with van der Waals surface area (Å²) in [5.41, 5.74) is 3.30. The number of benzene rings is 2. The van der Waals surface area contributed by atoms with Gasteiger partial charge in [-0.3, -0.25) is 4.90 Å². The van der Waals surface area contributed by atoms with Gasteiger partial charge in [-0.15, -0.1) is 10.2 Å². The van der Waals surface area contributed by atoms with Crippen LogP contribution in [0.25, 0.3) is 11.5 Å². The standard InChI is InChI=1S/C20H21N3O3/c1-3-23(11-15-6-9-17-18(10-15)25-13-24-17)12-19-21-22-20(26-19)16-7-4-14(2)5-8-16/h4-10H,3,11-13H2,1-2H3. The average Bonchev–Trinajstić information content (AvgIpc) is 3.30. The van der Waals surface area contributed by atoms with Gasteiger partial charge in [0, 0.05) is 12.1 Å². The summed E-state index contributed by atoms with van der Waals surface area (Å²) in [4.78, 5) is 2.24. The molecule has 26 heavy (non-hydrogen) atoms. The molecule has 0 fully saturated rings. The molecule has 1 aliphatic heterocycles. The summed E-state index contributed by atoms with van der Waals surface area (Å²) in [5.74, 6) is 2.77. The highest BCUT2D eigenvalue weighted by Crippen LogP contribution is 2.32. The molecule has 3 aromatic rings. The van der Waals surface area contributed by atoms with Gasteiger partial charge < -0.3 is 13.9 Å². The Morgan fingerprint density at radius 3 is 2.58 bits per heavy atom. The lowest BCUT2D eigenvalue weighted by Crippen LogP contribution is -2.22. The number of fused-ring (bicyclic) bond motifs is 1. The summed E-state index contributed by atoms with van der Waals surface area (Å²) in [6.45, 7) is 6.71. The maximum Gasteiger partial charge on any atom is 0.247 e. The number of aryl methyl sites for hydroxylation is 1. The second-order valence-electron chi connectivity index (χ2n) is 6.36. The summed E-state index contributed by atoms with van der Waals surface area (Å²) in [6.07, 6.45) is 0. The van der Waals surface area contributed by atoms with Crippen molar-refractivity contribution in [1.82, 2.24) is 15.1 Å². The van der Waals surface area contributed by atoms with Crippen molar-refractivity contribution < 1.29 is 13.9 Å². The van der Waals surface area contributed by atoms with E-state index in [1.807, 2.05) is 36.4 Å². The Bertz CT molecular complexity index is 890. The van der Waals surface area contributed by atoms with Crippen molar-refractivity contribution in [3.05, 3.63) is 59.5 Å². The highest BCUT2D eigenvalue weighted by atomic mass is 16.7. The molecular formula is C20H21N3O3. The summed E-state index contributed by atoms with van der Waals surface area (Å²) >= 11 is 0. The van der Waals surface area contributed by atoms with Crippen molar-refractivity contribution in [3.8, 4) is 23.0 Å². The lowest BCUT2D eigenvalue weighted by molar-refractivity contribution is 0.174. The smallest absolute Gasteiger partial charge is 0.247 e. The van der Waals surface area contributed by atoms with Gasteiger partial charge in [0.2, 0.25) is 18.6 Å². The molecule has 0 bridgehead atoms. The third-order valence-corrected chi connectivity index (χ3v) is 4.41. The van der Waals surface area contributed by atoms with Crippen LogP contribution in [0.15, 0.2) is 46.9 Å². The minimum Gasteiger partial charge on any atom is -0.454 e. The Kier molecular flexibility index (Phi) is 4.58. The molecule has 0 spiro atoms. The van der Waals surface area contributed by atoms with Gasteiger partial charge in [-0.25, -0.2) is 0 Å². The van der Waals surface area contributed by atoms with Gasteiger partial charge in [-0.1, -0.05) is 30.7 Å². The van der Waals surface area contributed by atoms with Gasteiger partial charge in [0.15, 0.2) is 11.5 Å². The highest BCUT2D eigenvalue weighted by Gasteiger charge is 2.16. The van der Waals surface area contributed by atoms with Crippen LogP contribution in [0, 0.1) is 6.92 Å². The number of ether oxygens (including phenoxy) is 2. The molecule has 0 saturated heterocycles. The van der Waals surface area contributed by atoms with E-state index >= 15 is 0 Å². The van der Waals surface area contributed by atoms with Crippen molar-refractivity contribution in [2.75, 3.05) is 13.3 Å². The molecule has 0 atom stereocenters. The van der Waals surface area contributed by atoms with E-state index in [9.17, 15) is 0 Å². The van der Waals surface area contributed by atoms with Crippen LogP contribution in [0.4, 0.5) is 0 Å². The van der Waals surface area contributed by atoms with Crippen LogP contribution in [-0.4, -0.2) is 28.4 Å². The van der Waals surface area contributed by atoms with E-state index in [1.165, 1.54) is 5.56 Å². The van der Waals surface area contributed by atoms with Crippen LogP contribution >= 0.6 is 0 Å². The first-order valence-electron chi connectivity index (χ1n) is 8.71. The van der Waals surface area contributed by atoms with E-state index in [1.54, 1.807) is 0 Å². The first kappa shape index (κ1) is 16.6. The zero-order valence-corrected chi connectivity index (χ0v) is 14.9. The van der Waals surface area contributed by atoms with E-state index < -0.39 is 0 Å². The van der Waals surface area contributed by atoms with Crippen LogP contribution in [0.2, 0.25) is 0 Å². The van der Waals surface area contributed by atoms with E-state index in [0.29, 0.717) is 25.1 Å². The Morgan fingerprint density at radius 2 is 1.77 bits per heavy atom. The van der Waals surface area contributed by atoms with Crippen LogP contribution in [0.3, 0.4) is 0 Å². The Labute approximate surface area is 152 Å². The Hall–Kier alpha value is -2.86. The first-order chi connectivity index (χ1) is 12.7. The van der Waals surface area contributed by atoms with Gasteiger partial charge in [0.25, 0.3) is 0 Å². The average molecular weight is 351 g/mol. The normalized spacial score (nSPS) is 12.7. The lowest BCUT2D eigenvalue weighted by Gasteiger charge is -2.18. The predicted molar refractivity (Wildman–Crippen MR) is 96.8 cm³/mol. The number of hydrogen-bond donors (Lipinski definition) is 0. The van der Waals surface area contributed by atoms with Gasteiger partial charge >= 0.3 is 0 Å². The summed E-state index contributed by atoms with van der Waals surface area (Å²) in [6, 6.07) is 14.1. The SMILES string of the molecule is CCN(Cc1ccc2c(c1)OCO2)Cc1nnc(-c2ccc(C)cc2)o1. The van der Waals surface area contributed by atoms with Crippen molar-refractivity contribution >= 4 is 0 Å². The van der Waals surface area contributed by atoms with Crippen LogP contribution in [0.1, 0.15) is 23.9 Å². The van der Waals surface area contributed by atoms with Crippen molar-refractivity contribution in [3.63, 3.8) is 0 Å². The fourth-order valence-corrected chi connectivity index (χ4v) is 2.90. The second-order valence-corrected chi connectivity index (χ2v) is 6.36. The summed E-state index contributed by atoms with van der Waals surface area (Å²) in [7, 11) is 0. The largest absolute Gasteiger partial charge is 0.454 e. The molecule has 0 saturated carbocycles. The van der Waals surface area contributed by atoms with Crippen molar-refractivity contribution in [2.45, 2.75) is 26.9 Å². The van der Waals surface area contributed by atoms with Gasteiger partial charge in [-0.2, -0.15) is 0 Å². The topological polar surface area (TPSA) is 60.6 Å². The molecular weight excluding hydrogens is 330 g/mol. The molecule has 0 N–H and O–H groups in total. The van der Waals surface area contributed by atoms with E-state index in [-0.39, 0.29) is 0 Å². The fraction of sp³-hybridized carbons (Fsp3) is 0.300. The lowest BCUT2D eigenvalue weighted by atomic mass is 10.1.